The van der Waals surface area contributed by atoms with Gasteiger partial charge in [-0.3, -0.25) is 4.79 Å². The number of fused-ring (bicyclic) bond motifs is 1. The average Bonchev–Trinajstić information content (AvgIpc) is 3.43. The molecule has 2 N–H and O–H groups in total. The summed E-state index contributed by atoms with van der Waals surface area (Å²) in [4.78, 5) is 26.8. The van der Waals surface area contributed by atoms with Crippen LogP contribution in [0.15, 0.2) is 48.8 Å². The summed E-state index contributed by atoms with van der Waals surface area (Å²) in [5.74, 6) is 1.25. The van der Waals surface area contributed by atoms with Crippen LogP contribution in [0.4, 0.5) is 5.82 Å². The zero-order chi connectivity index (χ0) is 23.8. The van der Waals surface area contributed by atoms with Gasteiger partial charge in [-0.25, -0.2) is 15.0 Å². The van der Waals surface area contributed by atoms with E-state index in [2.05, 4.69) is 19.5 Å². The Hall–Kier alpha value is -3.65. The fourth-order valence-electron chi connectivity index (χ4n) is 4.76. The van der Waals surface area contributed by atoms with Crippen LogP contribution in [-0.4, -0.2) is 49.3 Å². The van der Waals surface area contributed by atoms with Gasteiger partial charge in [0.15, 0.2) is 0 Å². The summed E-state index contributed by atoms with van der Waals surface area (Å²) >= 11 is 5.81. The Labute approximate surface area is 202 Å². The first-order valence-electron chi connectivity index (χ1n) is 11.1. The Balaban J connectivity index is 1.56. The molecule has 4 aromatic rings. The van der Waals surface area contributed by atoms with Crippen LogP contribution in [0.3, 0.4) is 0 Å². The summed E-state index contributed by atoms with van der Waals surface area (Å²) in [5, 5.41) is 0.915. The summed E-state index contributed by atoms with van der Waals surface area (Å²) in [5.41, 5.74) is 11.4. The van der Waals surface area contributed by atoms with Crippen molar-refractivity contribution in [2.45, 2.75) is 19.3 Å². The van der Waals surface area contributed by atoms with Crippen LogP contribution in [0.1, 0.15) is 23.7 Å². The highest BCUT2D eigenvalue weighted by Gasteiger charge is 2.32. The van der Waals surface area contributed by atoms with Gasteiger partial charge in [-0.1, -0.05) is 12.1 Å². The van der Waals surface area contributed by atoms with Gasteiger partial charge in [-0.2, -0.15) is 0 Å². The maximum Gasteiger partial charge on any atom is 0.322 e. The molecular formula is C25H25ClN6O2. The second-order valence-corrected chi connectivity index (χ2v) is 8.74. The second-order valence-electron chi connectivity index (χ2n) is 8.48. The summed E-state index contributed by atoms with van der Waals surface area (Å²) in [7, 11) is 2.04. The van der Waals surface area contributed by atoms with Crippen molar-refractivity contribution in [2.24, 2.45) is 7.05 Å². The molecule has 0 saturated carbocycles. The summed E-state index contributed by atoms with van der Waals surface area (Å²) in [6.45, 7) is 3.21. The number of nitrogens with zero attached hydrogens (tertiary/aromatic N) is 5. The van der Waals surface area contributed by atoms with Crippen molar-refractivity contribution in [1.29, 1.82) is 0 Å². The monoisotopic (exact) mass is 476 g/mol. The predicted molar refractivity (Wildman–Crippen MR) is 132 cm³/mol. The molecule has 1 aliphatic heterocycles. The highest BCUT2D eigenvalue weighted by atomic mass is 35.5. The number of rotatable bonds is 5. The number of hydrogen-bond acceptors (Lipinski definition) is 6. The van der Waals surface area contributed by atoms with E-state index in [1.54, 1.807) is 12.4 Å². The van der Waals surface area contributed by atoms with Gasteiger partial charge in [0, 0.05) is 60.8 Å². The number of hydrogen-bond donors (Lipinski definition) is 1. The Morgan fingerprint density at radius 2 is 1.94 bits per heavy atom. The number of likely N-dealkylation sites (tertiary alicyclic amines) is 1. The molecule has 1 aromatic carbocycles. The molecular weight excluding hydrogens is 452 g/mol. The molecule has 0 bridgehead atoms. The Morgan fingerprint density at radius 1 is 1.18 bits per heavy atom. The smallest absolute Gasteiger partial charge is 0.322 e. The number of benzene rings is 1. The minimum absolute atomic E-state index is 0.00231. The van der Waals surface area contributed by atoms with Crippen molar-refractivity contribution < 1.29 is 9.53 Å². The van der Waals surface area contributed by atoms with Crippen molar-refractivity contribution in [3.8, 4) is 22.9 Å². The molecule has 1 fully saturated rings. The molecule has 4 heterocycles. The number of nitrogen functional groups attached to an aromatic ring is 1. The lowest BCUT2D eigenvalue weighted by Gasteiger charge is -2.17. The summed E-state index contributed by atoms with van der Waals surface area (Å²) in [6.07, 6.45) is 4.26. The highest BCUT2D eigenvalue weighted by molar-refractivity contribution is 6.27. The number of pyridine rings is 1. The first kappa shape index (κ1) is 22.2. The molecule has 1 amide bonds. The van der Waals surface area contributed by atoms with Crippen LogP contribution in [-0.2, 0) is 11.8 Å². The minimum atomic E-state index is -0.0365. The highest BCUT2D eigenvalue weighted by Crippen LogP contribution is 2.43. The van der Waals surface area contributed by atoms with E-state index >= 15 is 0 Å². The number of aryl methyl sites for hydroxylation is 2. The predicted octanol–water partition coefficient (Wildman–Crippen LogP) is 4.27. The van der Waals surface area contributed by atoms with E-state index < -0.39 is 0 Å². The van der Waals surface area contributed by atoms with Gasteiger partial charge in [0.05, 0.1) is 5.52 Å². The van der Waals surface area contributed by atoms with Crippen molar-refractivity contribution >= 4 is 34.2 Å². The van der Waals surface area contributed by atoms with Crippen molar-refractivity contribution in [2.75, 3.05) is 24.7 Å². The molecule has 0 unspecified atom stereocenters. The molecule has 1 saturated heterocycles. The zero-order valence-electron chi connectivity index (χ0n) is 19.0. The quantitative estimate of drug-likeness (QED) is 0.432. The van der Waals surface area contributed by atoms with E-state index in [1.165, 1.54) is 0 Å². The first-order valence-corrected chi connectivity index (χ1v) is 11.6. The number of anilines is 1. The molecule has 174 valence electrons. The fourth-order valence-corrected chi connectivity index (χ4v) is 4.93. The molecule has 0 aliphatic carbocycles. The molecule has 34 heavy (non-hydrogen) atoms. The van der Waals surface area contributed by atoms with Gasteiger partial charge in [-0.15, -0.1) is 11.6 Å². The lowest BCUT2D eigenvalue weighted by Crippen LogP contribution is -2.29. The molecule has 5 rings (SSSR count). The van der Waals surface area contributed by atoms with Crippen molar-refractivity contribution in [1.82, 2.24) is 24.4 Å². The van der Waals surface area contributed by atoms with E-state index in [0.29, 0.717) is 30.7 Å². The van der Waals surface area contributed by atoms with Crippen LogP contribution in [0, 0.1) is 6.92 Å². The zero-order valence-corrected chi connectivity index (χ0v) is 19.8. The molecule has 1 atom stereocenters. The second kappa shape index (κ2) is 8.95. The van der Waals surface area contributed by atoms with Gasteiger partial charge in [0.2, 0.25) is 5.91 Å². The van der Waals surface area contributed by atoms with Crippen LogP contribution in [0.2, 0.25) is 0 Å². The number of halogens is 1. The van der Waals surface area contributed by atoms with Gasteiger partial charge in [0.25, 0.3) is 0 Å². The van der Waals surface area contributed by atoms with Gasteiger partial charge >= 0.3 is 6.01 Å². The SMILES string of the molecule is Cc1ccnc(Oc2ccc(-c3c([C@@H]4CCN(C(=O)CCl)C4)n(C)c4ccnc(N)c34)cc2)n1. The standard InChI is InChI=1S/C25H25ClN6O2/c1-15-7-10-29-25(30-15)34-18-5-3-16(4-6-18)21-22-19(8-11-28-24(22)27)31(2)23(21)17-9-12-32(14-17)20(33)13-26/h3-8,10-11,17H,9,12-14H2,1-2H3,(H2,27,28)/t17-/m1/s1. The van der Waals surface area contributed by atoms with Crippen molar-refractivity contribution in [3.05, 3.63) is 60.2 Å². The Morgan fingerprint density at radius 3 is 2.68 bits per heavy atom. The van der Waals surface area contributed by atoms with Gasteiger partial charge in [0.1, 0.15) is 17.4 Å². The normalized spacial score (nSPS) is 15.7. The molecule has 0 spiro atoms. The number of carbonyl (C=O) groups is 1. The number of amides is 1. The van der Waals surface area contributed by atoms with E-state index in [-0.39, 0.29) is 17.7 Å². The lowest BCUT2D eigenvalue weighted by molar-refractivity contribution is -0.127. The minimum Gasteiger partial charge on any atom is -0.424 e. The van der Waals surface area contributed by atoms with Crippen LogP contribution >= 0.6 is 11.6 Å². The van der Waals surface area contributed by atoms with Crippen molar-refractivity contribution in [3.63, 3.8) is 0 Å². The van der Waals surface area contributed by atoms with Crippen LogP contribution in [0.25, 0.3) is 22.0 Å². The van der Waals surface area contributed by atoms with Crippen LogP contribution < -0.4 is 10.5 Å². The average molecular weight is 477 g/mol. The third-order valence-corrected chi connectivity index (χ3v) is 6.58. The Bertz CT molecular complexity index is 1370. The molecule has 8 nitrogen and oxygen atoms in total. The number of alkyl halides is 1. The number of aromatic nitrogens is 4. The maximum absolute atomic E-state index is 12.2. The summed E-state index contributed by atoms with van der Waals surface area (Å²) in [6, 6.07) is 11.9. The Kier molecular flexibility index (Phi) is 5.83. The largest absolute Gasteiger partial charge is 0.424 e. The summed E-state index contributed by atoms with van der Waals surface area (Å²) < 4.78 is 8.00. The molecule has 3 aromatic heterocycles. The molecule has 9 heteroatoms. The fraction of sp³-hybridized carbons (Fsp3) is 0.280. The topological polar surface area (TPSA) is 99.2 Å². The van der Waals surface area contributed by atoms with Gasteiger partial charge < -0.3 is 19.9 Å². The van der Waals surface area contributed by atoms with Crippen LogP contribution in [0.5, 0.6) is 11.8 Å². The molecule has 0 radical (unpaired) electrons. The lowest BCUT2D eigenvalue weighted by atomic mass is 9.94. The maximum atomic E-state index is 12.2. The third kappa shape index (κ3) is 3.94. The van der Waals surface area contributed by atoms with E-state index in [1.807, 2.05) is 55.3 Å². The molecule has 1 aliphatic rings. The third-order valence-electron chi connectivity index (χ3n) is 6.35. The number of carbonyl (C=O) groups excluding carboxylic acids is 1. The number of nitrogens with two attached hydrogens (primary N) is 1. The van der Waals surface area contributed by atoms with E-state index in [9.17, 15) is 4.79 Å². The van der Waals surface area contributed by atoms with E-state index in [0.717, 1.165) is 39.8 Å². The number of ether oxygens (including phenoxy) is 1. The van der Waals surface area contributed by atoms with E-state index in [4.69, 9.17) is 22.1 Å². The van der Waals surface area contributed by atoms with Gasteiger partial charge in [-0.05, 0) is 43.2 Å². The first-order chi connectivity index (χ1) is 16.5.